The Kier molecular flexibility index (Phi) is 3.45. The van der Waals surface area contributed by atoms with Gasteiger partial charge in [0, 0.05) is 12.6 Å². The summed E-state index contributed by atoms with van der Waals surface area (Å²) in [6, 6.07) is 1.75. The summed E-state index contributed by atoms with van der Waals surface area (Å²) in [6.07, 6.45) is 2.63. The van der Waals surface area contributed by atoms with Crippen molar-refractivity contribution in [2.45, 2.75) is 19.9 Å². The van der Waals surface area contributed by atoms with Gasteiger partial charge in [-0.3, -0.25) is 4.79 Å². The lowest BCUT2D eigenvalue weighted by Crippen LogP contribution is -2.23. The maximum atomic E-state index is 11.0. The van der Waals surface area contributed by atoms with Gasteiger partial charge in [-0.1, -0.05) is 6.92 Å². The average Bonchev–Trinajstić information content (AvgIpc) is 2.54. The van der Waals surface area contributed by atoms with E-state index >= 15 is 0 Å². The fourth-order valence-electron chi connectivity index (χ4n) is 1.02. The van der Waals surface area contributed by atoms with Crippen LogP contribution >= 0.6 is 0 Å². The average molecular weight is 182 g/mol. The van der Waals surface area contributed by atoms with Crippen LogP contribution in [0.1, 0.15) is 13.3 Å². The molecule has 0 aliphatic rings. The number of nitrogens with one attached hydrogen (secondary N) is 1. The number of aryl methyl sites for hydroxylation is 1. The molecule has 0 atom stereocenters. The Balaban J connectivity index is 2.64. The molecule has 0 unspecified atom stereocenters. The first-order valence-corrected chi connectivity index (χ1v) is 4.29. The van der Waals surface area contributed by atoms with Crippen molar-refractivity contribution in [1.82, 2.24) is 9.78 Å². The van der Waals surface area contributed by atoms with Crippen molar-refractivity contribution in [3.05, 3.63) is 12.3 Å². The lowest BCUT2D eigenvalue weighted by molar-refractivity contribution is -0.114. The monoisotopic (exact) mass is 182 g/mol. The zero-order valence-corrected chi connectivity index (χ0v) is 7.66. The van der Waals surface area contributed by atoms with E-state index in [4.69, 9.17) is 5.73 Å². The van der Waals surface area contributed by atoms with E-state index in [2.05, 4.69) is 17.3 Å². The zero-order valence-electron chi connectivity index (χ0n) is 7.66. The summed E-state index contributed by atoms with van der Waals surface area (Å²) in [4.78, 5) is 11.0. The third kappa shape index (κ3) is 2.55. The number of nitrogens with two attached hydrogens (primary N) is 1. The highest BCUT2D eigenvalue weighted by Gasteiger charge is 2.03. The molecule has 0 saturated carbocycles. The zero-order chi connectivity index (χ0) is 9.68. The molecule has 5 heteroatoms. The molecule has 0 spiro atoms. The molecule has 3 N–H and O–H groups in total. The van der Waals surface area contributed by atoms with Crippen LogP contribution in [-0.2, 0) is 11.3 Å². The second kappa shape index (κ2) is 4.61. The van der Waals surface area contributed by atoms with E-state index in [-0.39, 0.29) is 12.5 Å². The lowest BCUT2D eigenvalue weighted by atomic mass is 10.5. The van der Waals surface area contributed by atoms with Gasteiger partial charge in [0.25, 0.3) is 0 Å². The largest absolute Gasteiger partial charge is 0.322 e. The third-order valence-corrected chi connectivity index (χ3v) is 1.60. The van der Waals surface area contributed by atoms with Gasteiger partial charge in [-0.25, -0.2) is 4.68 Å². The summed E-state index contributed by atoms with van der Waals surface area (Å²) < 4.78 is 1.74. The molecule has 1 heterocycles. The summed E-state index contributed by atoms with van der Waals surface area (Å²) in [5, 5.41) is 6.72. The molecule has 0 saturated heterocycles. The number of hydrogen-bond acceptors (Lipinski definition) is 3. The van der Waals surface area contributed by atoms with Crippen LogP contribution in [-0.4, -0.2) is 22.2 Å². The van der Waals surface area contributed by atoms with Crippen molar-refractivity contribution in [1.29, 1.82) is 0 Å². The Morgan fingerprint density at radius 1 is 1.77 bits per heavy atom. The summed E-state index contributed by atoms with van der Waals surface area (Å²) >= 11 is 0. The summed E-state index contributed by atoms with van der Waals surface area (Å²) in [7, 11) is 0. The van der Waals surface area contributed by atoms with Gasteiger partial charge in [0.15, 0.2) is 0 Å². The number of amides is 1. The highest BCUT2D eigenvalue weighted by Crippen LogP contribution is 2.05. The summed E-state index contributed by atoms with van der Waals surface area (Å²) in [5.74, 6) is 0.509. The topological polar surface area (TPSA) is 72.9 Å². The molecule has 0 radical (unpaired) electrons. The van der Waals surface area contributed by atoms with Crippen LogP contribution in [0.5, 0.6) is 0 Å². The molecule has 1 rings (SSSR count). The highest BCUT2D eigenvalue weighted by molar-refractivity contribution is 5.91. The Morgan fingerprint density at radius 3 is 3.15 bits per heavy atom. The molecule has 13 heavy (non-hydrogen) atoms. The minimum absolute atomic E-state index is 0.00267. The van der Waals surface area contributed by atoms with Crippen molar-refractivity contribution >= 4 is 11.7 Å². The predicted octanol–water partition coefficient (Wildman–Crippen LogP) is 0.190. The molecule has 72 valence electrons. The Morgan fingerprint density at radius 2 is 2.54 bits per heavy atom. The van der Waals surface area contributed by atoms with E-state index in [9.17, 15) is 4.79 Å². The van der Waals surface area contributed by atoms with Crippen molar-refractivity contribution in [2.75, 3.05) is 11.9 Å². The highest BCUT2D eigenvalue weighted by atomic mass is 16.1. The van der Waals surface area contributed by atoms with Crippen LogP contribution in [0.2, 0.25) is 0 Å². The molecule has 0 aliphatic heterocycles. The van der Waals surface area contributed by atoms with Crippen molar-refractivity contribution in [2.24, 2.45) is 5.73 Å². The van der Waals surface area contributed by atoms with Crippen molar-refractivity contribution in [3.63, 3.8) is 0 Å². The maximum absolute atomic E-state index is 11.0. The summed E-state index contributed by atoms with van der Waals surface area (Å²) in [5.41, 5.74) is 5.17. The van der Waals surface area contributed by atoms with Gasteiger partial charge in [0.2, 0.25) is 5.91 Å². The van der Waals surface area contributed by atoms with E-state index in [1.165, 1.54) is 0 Å². The number of hydrogen-bond donors (Lipinski definition) is 2. The molecule has 0 fully saturated rings. The standard InChI is InChI=1S/C8H14N4O/c1-2-5-12-7(3-4-10-12)11-8(13)6-9/h3-4H,2,5-6,9H2,1H3,(H,11,13). The molecular formula is C8H14N4O. The van der Waals surface area contributed by atoms with E-state index in [0.717, 1.165) is 13.0 Å². The number of nitrogens with zero attached hydrogens (tertiary/aromatic N) is 2. The fraction of sp³-hybridized carbons (Fsp3) is 0.500. The van der Waals surface area contributed by atoms with Crippen LogP contribution in [0.15, 0.2) is 12.3 Å². The lowest BCUT2D eigenvalue weighted by Gasteiger charge is -2.06. The molecule has 0 aromatic carbocycles. The Bertz CT molecular complexity index is 281. The molecule has 5 nitrogen and oxygen atoms in total. The summed E-state index contributed by atoms with van der Waals surface area (Å²) in [6.45, 7) is 2.85. The first-order valence-electron chi connectivity index (χ1n) is 4.29. The Labute approximate surface area is 76.9 Å². The molecule has 1 amide bonds. The van der Waals surface area contributed by atoms with Gasteiger partial charge in [-0.15, -0.1) is 0 Å². The third-order valence-electron chi connectivity index (χ3n) is 1.60. The van der Waals surface area contributed by atoms with Crippen LogP contribution in [0.4, 0.5) is 5.82 Å². The van der Waals surface area contributed by atoms with E-state index < -0.39 is 0 Å². The second-order valence-electron chi connectivity index (χ2n) is 2.69. The quantitative estimate of drug-likeness (QED) is 0.698. The van der Waals surface area contributed by atoms with E-state index in [1.54, 1.807) is 16.9 Å². The van der Waals surface area contributed by atoms with Crippen LogP contribution in [0, 0.1) is 0 Å². The van der Waals surface area contributed by atoms with Gasteiger partial charge in [0.1, 0.15) is 5.82 Å². The Hall–Kier alpha value is -1.36. The fourth-order valence-corrected chi connectivity index (χ4v) is 1.02. The van der Waals surface area contributed by atoms with E-state index in [1.807, 2.05) is 0 Å². The minimum atomic E-state index is -0.196. The van der Waals surface area contributed by atoms with Gasteiger partial charge >= 0.3 is 0 Å². The van der Waals surface area contributed by atoms with Gasteiger partial charge in [-0.05, 0) is 6.42 Å². The van der Waals surface area contributed by atoms with Gasteiger partial charge < -0.3 is 11.1 Å². The molecule has 1 aromatic rings. The molecule has 0 bridgehead atoms. The molecule has 0 aliphatic carbocycles. The van der Waals surface area contributed by atoms with Gasteiger partial charge in [-0.2, -0.15) is 5.10 Å². The van der Waals surface area contributed by atoms with Crippen molar-refractivity contribution in [3.8, 4) is 0 Å². The van der Waals surface area contributed by atoms with Crippen LogP contribution in [0.3, 0.4) is 0 Å². The minimum Gasteiger partial charge on any atom is -0.322 e. The molecular weight excluding hydrogens is 168 g/mol. The number of aromatic nitrogens is 2. The van der Waals surface area contributed by atoms with Crippen LogP contribution < -0.4 is 11.1 Å². The number of carbonyl (C=O) groups excluding carboxylic acids is 1. The van der Waals surface area contributed by atoms with Crippen LogP contribution in [0.25, 0.3) is 0 Å². The number of anilines is 1. The maximum Gasteiger partial charge on any atom is 0.239 e. The number of carbonyl (C=O) groups is 1. The van der Waals surface area contributed by atoms with E-state index in [0.29, 0.717) is 5.82 Å². The number of rotatable bonds is 4. The smallest absolute Gasteiger partial charge is 0.239 e. The second-order valence-corrected chi connectivity index (χ2v) is 2.69. The normalized spacial score (nSPS) is 10.0. The van der Waals surface area contributed by atoms with Crippen molar-refractivity contribution < 1.29 is 4.79 Å². The van der Waals surface area contributed by atoms with Gasteiger partial charge in [0.05, 0.1) is 12.7 Å². The first kappa shape index (κ1) is 9.73. The SMILES string of the molecule is CCCn1nccc1NC(=O)CN. The predicted molar refractivity (Wildman–Crippen MR) is 50.2 cm³/mol. The molecule has 1 aromatic heterocycles. The first-order chi connectivity index (χ1) is 6.27.